The van der Waals surface area contributed by atoms with Crippen LogP contribution in [0.3, 0.4) is 0 Å². The summed E-state index contributed by atoms with van der Waals surface area (Å²) in [5, 5.41) is 7.69. The summed E-state index contributed by atoms with van der Waals surface area (Å²) in [6.07, 6.45) is 0. The van der Waals surface area contributed by atoms with Gasteiger partial charge in [0.25, 0.3) is 11.6 Å². The monoisotopic (exact) mass is 366 g/mol. The molecule has 0 saturated carbocycles. The summed E-state index contributed by atoms with van der Waals surface area (Å²) in [5.41, 5.74) is 3.22. The average molecular weight is 366 g/mol. The molecule has 0 spiro atoms. The number of hydrogen-bond acceptors (Lipinski definition) is 5. The first-order chi connectivity index (χ1) is 13.0. The first-order valence-electron chi connectivity index (χ1n) is 9.36. The lowest BCUT2D eigenvalue weighted by molar-refractivity contribution is 0.0947. The summed E-state index contributed by atoms with van der Waals surface area (Å²) in [6.45, 7) is 10.6. The second-order valence-electron chi connectivity index (χ2n) is 6.85. The number of benzene rings is 1. The maximum atomic E-state index is 12.9. The van der Waals surface area contributed by atoms with Crippen molar-refractivity contribution in [3.05, 3.63) is 47.7 Å². The third-order valence-electron chi connectivity index (χ3n) is 4.75. The van der Waals surface area contributed by atoms with E-state index in [-0.39, 0.29) is 5.91 Å². The summed E-state index contributed by atoms with van der Waals surface area (Å²) >= 11 is 0. The number of likely N-dealkylation sites (N-methyl/N-ethyl adjacent to an activating group) is 1. The molecular formula is C21H26N4O2. The molecule has 1 amide bonds. The van der Waals surface area contributed by atoms with Crippen molar-refractivity contribution in [1.82, 2.24) is 20.4 Å². The van der Waals surface area contributed by atoms with Crippen LogP contribution in [0.4, 0.5) is 0 Å². The van der Waals surface area contributed by atoms with E-state index in [0.29, 0.717) is 40.6 Å². The standard InChI is InChI=1S/C21H26N4O2/c1-5-25(14(2)3)12-11-22-20(26)17-13-18(16-9-7-6-8-10-16)23-21-19(17)15(4)24-27-21/h6-10,13-14H,5,11-12H2,1-4H3,(H,22,26). The largest absolute Gasteiger partial charge is 0.351 e. The molecule has 0 aliphatic heterocycles. The van der Waals surface area contributed by atoms with Crippen molar-refractivity contribution >= 4 is 17.0 Å². The van der Waals surface area contributed by atoms with Gasteiger partial charge >= 0.3 is 0 Å². The maximum Gasteiger partial charge on any atom is 0.259 e. The lowest BCUT2D eigenvalue weighted by atomic mass is 10.1. The number of fused-ring (bicyclic) bond motifs is 1. The van der Waals surface area contributed by atoms with Crippen molar-refractivity contribution < 1.29 is 9.32 Å². The molecule has 2 heterocycles. The van der Waals surface area contributed by atoms with E-state index in [1.54, 1.807) is 0 Å². The minimum atomic E-state index is -0.134. The van der Waals surface area contributed by atoms with E-state index in [9.17, 15) is 4.79 Å². The van der Waals surface area contributed by atoms with Crippen LogP contribution in [0.2, 0.25) is 0 Å². The van der Waals surface area contributed by atoms with E-state index in [4.69, 9.17) is 4.52 Å². The van der Waals surface area contributed by atoms with Crippen LogP contribution in [0.5, 0.6) is 0 Å². The number of nitrogens with zero attached hydrogens (tertiary/aromatic N) is 3. The summed E-state index contributed by atoms with van der Waals surface area (Å²) in [5.74, 6) is -0.134. The lowest BCUT2D eigenvalue weighted by Crippen LogP contribution is -2.38. The van der Waals surface area contributed by atoms with Gasteiger partial charge in [-0.25, -0.2) is 4.98 Å². The quantitative estimate of drug-likeness (QED) is 0.691. The number of carbonyl (C=O) groups is 1. The molecule has 1 aromatic carbocycles. The zero-order valence-electron chi connectivity index (χ0n) is 16.3. The van der Waals surface area contributed by atoms with Crippen molar-refractivity contribution in [2.45, 2.75) is 33.7 Å². The van der Waals surface area contributed by atoms with Gasteiger partial charge in [-0.3, -0.25) is 9.69 Å². The van der Waals surface area contributed by atoms with Gasteiger partial charge < -0.3 is 9.84 Å². The van der Waals surface area contributed by atoms with E-state index >= 15 is 0 Å². The van der Waals surface area contributed by atoms with E-state index in [2.05, 4.69) is 41.1 Å². The Hall–Kier alpha value is -2.73. The number of pyridine rings is 1. The highest BCUT2D eigenvalue weighted by atomic mass is 16.5. The van der Waals surface area contributed by atoms with E-state index < -0.39 is 0 Å². The number of hydrogen-bond donors (Lipinski definition) is 1. The SMILES string of the molecule is CCN(CCNC(=O)c1cc(-c2ccccc2)nc2onc(C)c12)C(C)C. The minimum absolute atomic E-state index is 0.134. The van der Waals surface area contributed by atoms with Crippen LogP contribution in [0.1, 0.15) is 36.8 Å². The third-order valence-corrected chi connectivity index (χ3v) is 4.75. The molecule has 0 aliphatic rings. The number of aryl methyl sites for hydroxylation is 1. The molecule has 1 N–H and O–H groups in total. The fourth-order valence-electron chi connectivity index (χ4n) is 3.22. The van der Waals surface area contributed by atoms with Gasteiger partial charge in [-0.2, -0.15) is 0 Å². The van der Waals surface area contributed by atoms with E-state index in [0.717, 1.165) is 18.7 Å². The average Bonchev–Trinajstić information content (AvgIpc) is 3.05. The van der Waals surface area contributed by atoms with Crippen LogP contribution in [0, 0.1) is 6.92 Å². The molecule has 142 valence electrons. The molecule has 2 aromatic heterocycles. The molecule has 0 fully saturated rings. The van der Waals surface area contributed by atoms with Crippen LogP contribution >= 0.6 is 0 Å². The number of carbonyl (C=O) groups excluding carboxylic acids is 1. The summed E-state index contributed by atoms with van der Waals surface area (Å²) in [6, 6.07) is 12.0. The van der Waals surface area contributed by atoms with E-state index in [1.165, 1.54) is 0 Å². The molecule has 0 atom stereocenters. The highest BCUT2D eigenvalue weighted by molar-refractivity contribution is 6.06. The molecule has 0 unspecified atom stereocenters. The molecule has 0 radical (unpaired) electrons. The van der Waals surface area contributed by atoms with Crippen LogP contribution in [-0.4, -0.2) is 46.6 Å². The van der Waals surface area contributed by atoms with E-state index in [1.807, 2.05) is 43.3 Å². The van der Waals surface area contributed by atoms with Crippen molar-refractivity contribution in [3.63, 3.8) is 0 Å². The molecule has 0 bridgehead atoms. The predicted octanol–water partition coefficient (Wildman–Crippen LogP) is 3.66. The molecule has 3 aromatic rings. The van der Waals surface area contributed by atoms with Crippen molar-refractivity contribution in [1.29, 1.82) is 0 Å². The predicted molar refractivity (Wildman–Crippen MR) is 107 cm³/mol. The number of amides is 1. The van der Waals surface area contributed by atoms with Gasteiger partial charge in [-0.05, 0) is 33.4 Å². The van der Waals surface area contributed by atoms with Gasteiger partial charge in [0.1, 0.15) is 0 Å². The molecule has 6 nitrogen and oxygen atoms in total. The molecule has 0 aliphatic carbocycles. The van der Waals surface area contributed by atoms with Crippen LogP contribution in [0.25, 0.3) is 22.4 Å². The second kappa shape index (κ2) is 8.31. The Morgan fingerprint density at radius 2 is 2.00 bits per heavy atom. The smallest absolute Gasteiger partial charge is 0.259 e. The highest BCUT2D eigenvalue weighted by Gasteiger charge is 2.19. The van der Waals surface area contributed by atoms with Gasteiger partial charge in [0.15, 0.2) is 0 Å². The Kier molecular flexibility index (Phi) is 5.86. The number of nitrogens with one attached hydrogen (secondary N) is 1. The van der Waals surface area contributed by atoms with Crippen molar-refractivity contribution in [2.24, 2.45) is 0 Å². The van der Waals surface area contributed by atoms with Gasteiger partial charge in [0, 0.05) is 24.7 Å². The number of rotatable bonds is 7. The highest BCUT2D eigenvalue weighted by Crippen LogP contribution is 2.26. The normalized spacial score (nSPS) is 11.5. The fraction of sp³-hybridized carbons (Fsp3) is 0.381. The Morgan fingerprint density at radius 1 is 1.26 bits per heavy atom. The van der Waals surface area contributed by atoms with Crippen LogP contribution < -0.4 is 5.32 Å². The Balaban J connectivity index is 1.88. The van der Waals surface area contributed by atoms with Gasteiger partial charge in [-0.1, -0.05) is 42.4 Å². The first kappa shape index (κ1) is 19.0. The Labute approximate surface area is 159 Å². The summed E-state index contributed by atoms with van der Waals surface area (Å²) < 4.78 is 5.34. The zero-order valence-corrected chi connectivity index (χ0v) is 16.3. The van der Waals surface area contributed by atoms with Crippen LogP contribution in [0.15, 0.2) is 40.9 Å². The fourth-order valence-corrected chi connectivity index (χ4v) is 3.22. The molecular weight excluding hydrogens is 340 g/mol. The third kappa shape index (κ3) is 4.17. The maximum absolute atomic E-state index is 12.9. The summed E-state index contributed by atoms with van der Waals surface area (Å²) in [7, 11) is 0. The molecule has 3 rings (SSSR count). The minimum Gasteiger partial charge on any atom is -0.351 e. The zero-order chi connectivity index (χ0) is 19.4. The summed E-state index contributed by atoms with van der Waals surface area (Å²) in [4.78, 5) is 19.8. The number of aromatic nitrogens is 2. The Bertz CT molecular complexity index is 919. The van der Waals surface area contributed by atoms with Gasteiger partial charge in [0.05, 0.1) is 22.3 Å². The van der Waals surface area contributed by atoms with Gasteiger partial charge in [-0.15, -0.1) is 0 Å². The first-order valence-corrected chi connectivity index (χ1v) is 9.36. The van der Waals surface area contributed by atoms with Crippen LogP contribution in [-0.2, 0) is 0 Å². The topological polar surface area (TPSA) is 71.3 Å². The molecule has 0 saturated heterocycles. The van der Waals surface area contributed by atoms with Crippen molar-refractivity contribution in [3.8, 4) is 11.3 Å². The Morgan fingerprint density at radius 3 is 2.67 bits per heavy atom. The van der Waals surface area contributed by atoms with Crippen molar-refractivity contribution in [2.75, 3.05) is 19.6 Å². The van der Waals surface area contributed by atoms with Gasteiger partial charge in [0.2, 0.25) is 0 Å². The molecule has 27 heavy (non-hydrogen) atoms. The lowest BCUT2D eigenvalue weighted by Gasteiger charge is -2.24. The second-order valence-corrected chi connectivity index (χ2v) is 6.85. The molecule has 6 heteroatoms.